The van der Waals surface area contributed by atoms with E-state index in [2.05, 4.69) is 31.0 Å². The van der Waals surface area contributed by atoms with Crippen LogP contribution in [-0.4, -0.2) is 13.1 Å². The van der Waals surface area contributed by atoms with Gasteiger partial charge in [-0.1, -0.05) is 32.9 Å². The largest absolute Gasteiger partial charge is 0.495 e. The van der Waals surface area contributed by atoms with Gasteiger partial charge in [0.1, 0.15) is 5.75 Å². The van der Waals surface area contributed by atoms with Gasteiger partial charge in [0, 0.05) is 0 Å². The molecule has 3 aliphatic carbocycles. The van der Waals surface area contributed by atoms with Crippen molar-refractivity contribution in [3.8, 4) is 5.75 Å². The van der Waals surface area contributed by atoms with Crippen molar-refractivity contribution in [2.75, 3.05) is 12.4 Å². The lowest BCUT2D eigenvalue weighted by Gasteiger charge is -2.49. The molecule has 0 bridgehead atoms. The van der Waals surface area contributed by atoms with Crippen LogP contribution in [-0.2, 0) is 6.42 Å². The van der Waals surface area contributed by atoms with Gasteiger partial charge in [-0.2, -0.15) is 0 Å². The number of fused-ring (bicyclic) bond motifs is 5. The van der Waals surface area contributed by atoms with Crippen molar-refractivity contribution in [1.29, 1.82) is 0 Å². The van der Waals surface area contributed by atoms with Crippen LogP contribution in [0.1, 0.15) is 69.9 Å². The highest BCUT2D eigenvalue weighted by atomic mass is 16.5. The Labute approximate surface area is 163 Å². The number of carbonyl (C=O) groups is 1. The topological polar surface area (TPSA) is 64.3 Å². The van der Waals surface area contributed by atoms with Crippen molar-refractivity contribution in [2.24, 2.45) is 23.0 Å². The van der Waals surface area contributed by atoms with Gasteiger partial charge in [0.2, 0.25) is 0 Å². The highest BCUT2D eigenvalue weighted by Gasteiger charge is 2.51. The number of urea groups is 1. The SMILES string of the molecule is C=C1CCC2C3CCc4cc(NC(N)=O)c(OC)cc4C3CCC12C.CC. The fourth-order valence-electron chi connectivity index (χ4n) is 5.91. The van der Waals surface area contributed by atoms with Gasteiger partial charge in [-0.3, -0.25) is 0 Å². The number of ether oxygens (including phenoxy) is 1. The Bertz CT molecular complexity index is 742. The average Bonchev–Trinajstić information content (AvgIpc) is 2.97. The Kier molecular flexibility index (Phi) is 5.55. The molecule has 0 aromatic heterocycles. The van der Waals surface area contributed by atoms with E-state index < -0.39 is 6.03 Å². The summed E-state index contributed by atoms with van der Waals surface area (Å²) < 4.78 is 5.53. The minimum Gasteiger partial charge on any atom is -0.495 e. The molecule has 3 aliphatic rings. The van der Waals surface area contributed by atoms with Gasteiger partial charge in [-0.05, 0) is 85.0 Å². The van der Waals surface area contributed by atoms with Crippen molar-refractivity contribution >= 4 is 11.7 Å². The van der Waals surface area contributed by atoms with Gasteiger partial charge < -0.3 is 15.8 Å². The Morgan fingerprint density at radius 3 is 2.67 bits per heavy atom. The summed E-state index contributed by atoms with van der Waals surface area (Å²) in [7, 11) is 1.65. The number of hydrogen-bond acceptors (Lipinski definition) is 2. The van der Waals surface area contributed by atoms with Crippen LogP contribution in [0.2, 0.25) is 0 Å². The molecular formula is C23H34N2O2. The summed E-state index contributed by atoms with van der Waals surface area (Å²) in [5.41, 5.74) is 10.6. The monoisotopic (exact) mass is 370 g/mol. The van der Waals surface area contributed by atoms with Crippen molar-refractivity contribution in [1.82, 2.24) is 0 Å². The van der Waals surface area contributed by atoms with Gasteiger partial charge in [0.05, 0.1) is 12.8 Å². The minimum atomic E-state index is -0.551. The number of methoxy groups -OCH3 is 1. The lowest BCUT2D eigenvalue weighted by molar-refractivity contribution is 0.0816. The molecule has 0 spiro atoms. The molecule has 3 N–H and O–H groups in total. The molecule has 0 aliphatic heterocycles. The first-order chi connectivity index (χ1) is 12.9. The lowest BCUT2D eigenvalue weighted by atomic mass is 9.55. The maximum atomic E-state index is 11.3. The fraction of sp³-hybridized carbons (Fsp3) is 0.609. The molecule has 4 heteroatoms. The quantitative estimate of drug-likeness (QED) is 0.663. The van der Waals surface area contributed by atoms with Crippen LogP contribution in [0.3, 0.4) is 0 Å². The second-order valence-electron chi connectivity index (χ2n) is 8.25. The zero-order chi connectivity index (χ0) is 19.8. The minimum absolute atomic E-state index is 0.343. The third-order valence-corrected chi connectivity index (χ3v) is 7.26. The van der Waals surface area contributed by atoms with Crippen LogP contribution in [0.5, 0.6) is 5.75 Å². The summed E-state index contributed by atoms with van der Waals surface area (Å²) in [4.78, 5) is 11.3. The molecule has 2 saturated carbocycles. The molecule has 0 saturated heterocycles. The first kappa shape index (κ1) is 19.8. The molecule has 1 aromatic carbocycles. The molecule has 2 amide bonds. The van der Waals surface area contributed by atoms with Crippen LogP contribution >= 0.6 is 0 Å². The lowest BCUT2D eigenvalue weighted by Crippen LogP contribution is -2.40. The molecule has 4 atom stereocenters. The van der Waals surface area contributed by atoms with Crippen molar-refractivity contribution in [2.45, 2.75) is 65.2 Å². The standard InChI is InChI=1S/C21H28N2O2.C2H6/c1-12-4-7-17-15-6-5-13-10-18(23-20(22)24)19(25-3)11-16(13)14(15)8-9-21(12,17)2;1-2/h10-11,14-15,17H,1,4-9H2,2-3H3,(H3,22,23,24);1-2H3. The second kappa shape index (κ2) is 7.57. The summed E-state index contributed by atoms with van der Waals surface area (Å²) in [6.07, 6.45) is 7.24. The number of aryl methyl sites for hydroxylation is 1. The summed E-state index contributed by atoms with van der Waals surface area (Å²) in [5.74, 6) is 2.82. The predicted molar refractivity (Wildman–Crippen MR) is 111 cm³/mol. The van der Waals surface area contributed by atoms with Crippen LogP contribution in [0.15, 0.2) is 24.3 Å². The number of hydrogen-bond donors (Lipinski definition) is 2. The Hall–Kier alpha value is -1.97. The molecule has 27 heavy (non-hydrogen) atoms. The van der Waals surface area contributed by atoms with E-state index in [1.54, 1.807) is 7.11 Å². The smallest absolute Gasteiger partial charge is 0.316 e. The van der Waals surface area contributed by atoms with Crippen molar-refractivity contribution in [3.05, 3.63) is 35.4 Å². The van der Waals surface area contributed by atoms with E-state index in [-0.39, 0.29) is 0 Å². The first-order valence-electron chi connectivity index (χ1n) is 10.4. The van der Waals surface area contributed by atoms with E-state index in [0.717, 1.165) is 18.3 Å². The molecule has 0 radical (unpaired) electrons. The highest BCUT2D eigenvalue weighted by Crippen LogP contribution is 2.62. The number of rotatable bonds is 2. The molecule has 1 aromatic rings. The highest BCUT2D eigenvalue weighted by molar-refractivity contribution is 5.90. The molecule has 4 rings (SSSR count). The maximum absolute atomic E-state index is 11.3. The van der Waals surface area contributed by atoms with E-state index >= 15 is 0 Å². The second-order valence-corrected chi connectivity index (χ2v) is 8.25. The third kappa shape index (κ3) is 3.24. The molecule has 0 heterocycles. The predicted octanol–water partition coefficient (Wildman–Crippen LogP) is 5.62. The number of allylic oxidation sites excluding steroid dienone is 1. The van der Waals surface area contributed by atoms with Crippen LogP contribution < -0.4 is 15.8 Å². The van der Waals surface area contributed by atoms with E-state index in [1.807, 2.05) is 13.8 Å². The van der Waals surface area contributed by atoms with Gasteiger partial charge >= 0.3 is 6.03 Å². The summed E-state index contributed by atoms with van der Waals surface area (Å²) in [6.45, 7) is 10.8. The Morgan fingerprint density at radius 2 is 2.00 bits per heavy atom. The van der Waals surface area contributed by atoms with Crippen LogP contribution in [0, 0.1) is 17.3 Å². The maximum Gasteiger partial charge on any atom is 0.316 e. The van der Waals surface area contributed by atoms with E-state index in [1.165, 1.54) is 48.8 Å². The molecule has 4 unspecified atom stereocenters. The first-order valence-corrected chi connectivity index (χ1v) is 10.4. The number of primary amides is 1. The van der Waals surface area contributed by atoms with Crippen LogP contribution in [0.4, 0.5) is 10.5 Å². The number of nitrogens with two attached hydrogens (primary N) is 1. The van der Waals surface area contributed by atoms with Gasteiger partial charge in [0.15, 0.2) is 0 Å². The molecule has 148 valence electrons. The number of nitrogens with one attached hydrogen (secondary N) is 1. The number of carbonyl (C=O) groups excluding carboxylic acids is 1. The molecule has 4 nitrogen and oxygen atoms in total. The zero-order valence-electron chi connectivity index (χ0n) is 17.2. The normalized spacial score (nSPS) is 31.0. The molecular weight excluding hydrogens is 336 g/mol. The number of amides is 2. The average molecular weight is 371 g/mol. The summed E-state index contributed by atoms with van der Waals surface area (Å²) in [6, 6.07) is 3.66. The van der Waals surface area contributed by atoms with Gasteiger partial charge in [-0.15, -0.1) is 0 Å². The number of anilines is 1. The van der Waals surface area contributed by atoms with Gasteiger partial charge in [-0.25, -0.2) is 4.79 Å². The fourth-order valence-corrected chi connectivity index (χ4v) is 5.91. The van der Waals surface area contributed by atoms with Crippen molar-refractivity contribution in [3.63, 3.8) is 0 Å². The Balaban J connectivity index is 0.00000102. The van der Waals surface area contributed by atoms with E-state index in [9.17, 15) is 4.79 Å². The number of benzene rings is 1. The molecule has 2 fully saturated rings. The third-order valence-electron chi connectivity index (χ3n) is 7.26. The van der Waals surface area contributed by atoms with E-state index in [0.29, 0.717) is 22.8 Å². The van der Waals surface area contributed by atoms with Gasteiger partial charge in [0.25, 0.3) is 0 Å². The van der Waals surface area contributed by atoms with Crippen LogP contribution in [0.25, 0.3) is 0 Å². The van der Waals surface area contributed by atoms with Crippen molar-refractivity contribution < 1.29 is 9.53 Å². The van der Waals surface area contributed by atoms with E-state index in [4.69, 9.17) is 10.5 Å². The Morgan fingerprint density at radius 1 is 1.26 bits per heavy atom. The summed E-state index contributed by atoms with van der Waals surface area (Å²) >= 11 is 0. The zero-order valence-corrected chi connectivity index (χ0v) is 17.2. The summed E-state index contributed by atoms with van der Waals surface area (Å²) in [5, 5.41) is 2.70.